The highest BCUT2D eigenvalue weighted by Gasteiger charge is 2.33. The van der Waals surface area contributed by atoms with Gasteiger partial charge < -0.3 is 24.6 Å². The van der Waals surface area contributed by atoms with E-state index in [2.05, 4.69) is 4.90 Å². The monoisotopic (exact) mass is 583 g/mol. The second kappa shape index (κ2) is 15.3. The van der Waals surface area contributed by atoms with E-state index in [9.17, 15) is 19.1 Å². The van der Waals surface area contributed by atoms with E-state index in [0.29, 0.717) is 41.3 Å². The van der Waals surface area contributed by atoms with Gasteiger partial charge in [0, 0.05) is 36.2 Å². The van der Waals surface area contributed by atoms with Crippen molar-refractivity contribution in [1.29, 1.82) is 0 Å². The lowest BCUT2D eigenvalue weighted by molar-refractivity contribution is -0.131. The van der Waals surface area contributed by atoms with Crippen molar-refractivity contribution >= 4 is 29.4 Å². The number of hydrogen-bond acceptors (Lipinski definition) is 6. The third kappa shape index (κ3) is 9.70. The molecule has 3 aromatic rings. The first-order valence-corrected chi connectivity index (χ1v) is 13.6. The van der Waals surface area contributed by atoms with Gasteiger partial charge in [-0.2, -0.15) is 0 Å². The smallest absolute Gasteiger partial charge is 0.328 e. The van der Waals surface area contributed by atoms with E-state index in [-0.39, 0.29) is 11.6 Å². The maximum Gasteiger partial charge on any atom is 0.328 e. The zero-order chi connectivity index (χ0) is 29.8. The lowest BCUT2D eigenvalue weighted by atomic mass is 9.84. The number of methoxy groups -OCH3 is 2. The molecule has 2 N–H and O–H groups in total. The highest BCUT2D eigenvalue weighted by Crippen LogP contribution is 2.33. The van der Waals surface area contributed by atoms with Crippen molar-refractivity contribution in [2.24, 2.45) is 0 Å². The fraction of sp³-hybridized carbons (Fsp3) is 0.312. The first-order valence-electron chi connectivity index (χ1n) is 13.3. The molecule has 0 bridgehead atoms. The second-order valence-electron chi connectivity index (χ2n) is 9.70. The molecule has 0 aromatic heterocycles. The van der Waals surface area contributed by atoms with Crippen LogP contribution < -0.4 is 9.47 Å². The fourth-order valence-corrected chi connectivity index (χ4v) is 4.69. The van der Waals surface area contributed by atoms with Gasteiger partial charge in [-0.05, 0) is 91.5 Å². The Bertz CT molecular complexity index is 1320. The van der Waals surface area contributed by atoms with Gasteiger partial charge in [0.15, 0.2) is 17.3 Å². The van der Waals surface area contributed by atoms with Crippen molar-refractivity contribution in [1.82, 2.24) is 4.90 Å². The molecule has 218 valence electrons. The van der Waals surface area contributed by atoms with Crippen molar-refractivity contribution in [3.05, 3.63) is 100 Å². The number of ketones is 1. The molecule has 1 aliphatic heterocycles. The van der Waals surface area contributed by atoms with Gasteiger partial charge in [0.1, 0.15) is 5.82 Å². The van der Waals surface area contributed by atoms with Crippen LogP contribution in [-0.4, -0.2) is 60.7 Å². The van der Waals surface area contributed by atoms with Gasteiger partial charge in [0.2, 0.25) is 0 Å². The number of carbonyl (C=O) groups excluding carboxylic acids is 1. The van der Waals surface area contributed by atoms with Crippen LogP contribution in [0.4, 0.5) is 4.39 Å². The Morgan fingerprint density at radius 1 is 0.976 bits per heavy atom. The van der Waals surface area contributed by atoms with Crippen LogP contribution in [0, 0.1) is 5.82 Å². The quantitative estimate of drug-likeness (QED) is 0.216. The summed E-state index contributed by atoms with van der Waals surface area (Å²) < 4.78 is 23.0. The van der Waals surface area contributed by atoms with Crippen molar-refractivity contribution in [3.8, 4) is 11.5 Å². The molecule has 1 saturated heterocycles. The summed E-state index contributed by atoms with van der Waals surface area (Å²) in [7, 11) is 3.08. The first kappa shape index (κ1) is 31.8. The Kier molecular flexibility index (Phi) is 11.9. The SMILES string of the molecule is COc1ccc(C=CC(=O)O)cc1OC.O=C(CCCN1CCC(O)(c2ccc(Cl)cc2)CC1)c1ccc(F)cc1. The number of carboxylic acids is 1. The third-order valence-corrected chi connectivity index (χ3v) is 7.19. The standard InChI is InChI=1S/C21H23ClFNO2.C11H12O4/c22-18-7-5-17(6-8-18)21(26)11-14-24(15-12-21)13-1-2-20(25)16-3-9-19(23)10-4-16;1-14-9-5-3-8(4-6-11(12)13)7-10(9)15-2/h3-10,26H,1-2,11-15H2;3-7H,1-2H3,(H,12,13). The van der Waals surface area contributed by atoms with Crippen molar-refractivity contribution in [2.45, 2.75) is 31.3 Å². The fourth-order valence-electron chi connectivity index (χ4n) is 4.56. The summed E-state index contributed by atoms with van der Waals surface area (Å²) in [4.78, 5) is 24.7. The number of Topliss-reactive ketones (excluding diaryl/α,β-unsaturated/α-hetero) is 1. The number of ether oxygens (including phenoxy) is 2. The maximum atomic E-state index is 12.9. The van der Waals surface area contributed by atoms with Crippen LogP contribution in [0.1, 0.15) is 47.2 Å². The number of aliphatic hydroxyl groups is 1. The number of hydrogen-bond donors (Lipinski definition) is 2. The van der Waals surface area contributed by atoms with Crippen LogP contribution >= 0.6 is 11.6 Å². The lowest BCUT2D eigenvalue weighted by Crippen LogP contribution is -2.42. The Labute approximate surface area is 244 Å². The minimum atomic E-state index is -0.982. The molecular formula is C32H35ClFNO6. The van der Waals surface area contributed by atoms with Crippen molar-refractivity contribution < 1.29 is 33.7 Å². The van der Waals surface area contributed by atoms with E-state index >= 15 is 0 Å². The summed E-state index contributed by atoms with van der Waals surface area (Å²) >= 11 is 5.92. The van der Waals surface area contributed by atoms with Crippen LogP contribution in [0.15, 0.2) is 72.8 Å². The molecule has 4 rings (SSSR count). The van der Waals surface area contributed by atoms with Gasteiger partial charge in [-0.3, -0.25) is 4.79 Å². The largest absolute Gasteiger partial charge is 0.493 e. The number of rotatable bonds is 10. The summed E-state index contributed by atoms with van der Waals surface area (Å²) in [5, 5.41) is 20.0. The van der Waals surface area contributed by atoms with E-state index in [1.54, 1.807) is 25.3 Å². The number of nitrogens with zero attached hydrogens (tertiary/aromatic N) is 1. The van der Waals surface area contributed by atoms with Gasteiger partial charge in [-0.1, -0.05) is 29.8 Å². The van der Waals surface area contributed by atoms with E-state index < -0.39 is 11.6 Å². The predicted molar refractivity (Wildman–Crippen MR) is 157 cm³/mol. The summed E-state index contributed by atoms with van der Waals surface area (Å²) in [6, 6.07) is 18.3. The van der Waals surface area contributed by atoms with Crippen LogP contribution in [0.3, 0.4) is 0 Å². The number of carbonyl (C=O) groups is 2. The summed E-state index contributed by atoms with van der Waals surface area (Å²) in [6.45, 7) is 2.41. The molecule has 7 nitrogen and oxygen atoms in total. The minimum Gasteiger partial charge on any atom is -0.493 e. The molecule has 0 unspecified atom stereocenters. The van der Waals surface area contributed by atoms with Gasteiger partial charge >= 0.3 is 5.97 Å². The molecule has 0 saturated carbocycles. The number of likely N-dealkylation sites (tertiary alicyclic amines) is 1. The van der Waals surface area contributed by atoms with E-state index in [4.69, 9.17) is 26.2 Å². The highest BCUT2D eigenvalue weighted by molar-refractivity contribution is 6.30. The van der Waals surface area contributed by atoms with E-state index in [0.717, 1.165) is 43.3 Å². The van der Waals surface area contributed by atoms with Gasteiger partial charge in [-0.15, -0.1) is 0 Å². The topological polar surface area (TPSA) is 96.3 Å². The summed E-state index contributed by atoms with van der Waals surface area (Å²) in [5.41, 5.74) is 1.41. The predicted octanol–water partition coefficient (Wildman–Crippen LogP) is 6.23. The van der Waals surface area contributed by atoms with Crippen LogP contribution in [0.2, 0.25) is 5.02 Å². The van der Waals surface area contributed by atoms with E-state index in [1.807, 2.05) is 24.3 Å². The van der Waals surface area contributed by atoms with Gasteiger partial charge in [-0.25, -0.2) is 9.18 Å². The summed E-state index contributed by atoms with van der Waals surface area (Å²) in [5.74, 6) is -0.0810. The van der Waals surface area contributed by atoms with E-state index in [1.165, 1.54) is 37.5 Å². The highest BCUT2D eigenvalue weighted by atomic mass is 35.5. The third-order valence-electron chi connectivity index (χ3n) is 6.94. The van der Waals surface area contributed by atoms with Crippen LogP contribution in [0.25, 0.3) is 6.08 Å². The number of carboxylic acid groups (broad SMARTS) is 1. The molecule has 9 heteroatoms. The Hall–Kier alpha value is -3.72. The molecular weight excluding hydrogens is 549 g/mol. The van der Waals surface area contributed by atoms with Crippen molar-refractivity contribution in [3.63, 3.8) is 0 Å². The molecule has 1 aliphatic rings. The number of piperidine rings is 1. The Balaban J connectivity index is 0.000000263. The van der Waals surface area contributed by atoms with Gasteiger partial charge in [0.25, 0.3) is 0 Å². The average Bonchev–Trinajstić information content (AvgIpc) is 2.98. The zero-order valence-electron chi connectivity index (χ0n) is 23.2. The molecule has 0 spiro atoms. The molecule has 3 aromatic carbocycles. The van der Waals surface area contributed by atoms with Crippen LogP contribution in [0.5, 0.6) is 11.5 Å². The second-order valence-corrected chi connectivity index (χ2v) is 10.1. The first-order chi connectivity index (χ1) is 19.6. The Morgan fingerprint density at radius 2 is 1.61 bits per heavy atom. The summed E-state index contributed by atoms with van der Waals surface area (Å²) in [6.07, 6.45) is 5.10. The maximum absolute atomic E-state index is 12.9. The number of aliphatic carboxylic acids is 1. The zero-order valence-corrected chi connectivity index (χ0v) is 23.9. The Morgan fingerprint density at radius 3 is 2.20 bits per heavy atom. The normalized spacial score (nSPS) is 14.7. The number of halogens is 2. The molecule has 0 radical (unpaired) electrons. The average molecular weight is 584 g/mol. The number of benzene rings is 3. The molecule has 1 fully saturated rings. The van der Waals surface area contributed by atoms with Crippen molar-refractivity contribution in [2.75, 3.05) is 33.9 Å². The molecule has 0 aliphatic carbocycles. The molecule has 0 amide bonds. The molecule has 1 heterocycles. The lowest BCUT2D eigenvalue weighted by Gasteiger charge is -2.38. The molecule has 0 atom stereocenters. The van der Waals surface area contributed by atoms with Crippen LogP contribution in [-0.2, 0) is 10.4 Å². The molecule has 41 heavy (non-hydrogen) atoms. The van der Waals surface area contributed by atoms with Gasteiger partial charge in [0.05, 0.1) is 19.8 Å². The minimum absolute atomic E-state index is 0.0414.